The Balaban J connectivity index is 1.82. The van der Waals surface area contributed by atoms with Crippen LogP contribution in [0.5, 0.6) is 0 Å². The molecule has 20 heavy (non-hydrogen) atoms. The number of aryl methyl sites for hydroxylation is 2. The van der Waals surface area contributed by atoms with Gasteiger partial charge in [0.1, 0.15) is 0 Å². The van der Waals surface area contributed by atoms with Gasteiger partial charge in [0, 0.05) is 17.4 Å². The molecule has 1 aliphatic carbocycles. The second kappa shape index (κ2) is 7.07. The van der Waals surface area contributed by atoms with E-state index in [1.165, 1.54) is 31.0 Å². The molecule has 0 bridgehead atoms. The van der Waals surface area contributed by atoms with Gasteiger partial charge >= 0.3 is 0 Å². The summed E-state index contributed by atoms with van der Waals surface area (Å²) in [6.07, 6.45) is 4.84. The molecular weight excluding hydrogens is 270 g/mol. The second-order valence-electron chi connectivity index (χ2n) is 5.66. The van der Waals surface area contributed by atoms with Gasteiger partial charge in [0.05, 0.1) is 5.75 Å². The Labute approximate surface area is 125 Å². The maximum atomic E-state index is 12.0. The quantitative estimate of drug-likeness (QED) is 0.685. The number of hydrogen-bond donors (Lipinski definition) is 1. The second-order valence-corrected chi connectivity index (χ2v) is 6.60. The molecular formula is C15H23N3OS. The minimum Gasteiger partial charge on any atom is -0.352 e. The predicted molar refractivity (Wildman–Crippen MR) is 81.8 cm³/mol. The molecule has 110 valence electrons. The number of rotatable bonds is 4. The first kappa shape index (κ1) is 15.3. The number of nitrogens with one attached hydrogen (secondary N) is 1. The minimum absolute atomic E-state index is 0.0940. The van der Waals surface area contributed by atoms with Crippen LogP contribution in [0.3, 0.4) is 0 Å². The maximum absolute atomic E-state index is 12.0. The van der Waals surface area contributed by atoms with E-state index in [-0.39, 0.29) is 5.91 Å². The van der Waals surface area contributed by atoms with Gasteiger partial charge in [0.2, 0.25) is 5.91 Å². The Kier molecular flexibility index (Phi) is 5.40. The van der Waals surface area contributed by atoms with Gasteiger partial charge in [-0.25, -0.2) is 9.97 Å². The lowest BCUT2D eigenvalue weighted by Gasteiger charge is -2.29. The number of aromatic nitrogens is 2. The molecule has 4 nitrogen and oxygen atoms in total. The Bertz CT molecular complexity index is 458. The highest BCUT2D eigenvalue weighted by atomic mass is 32.2. The van der Waals surface area contributed by atoms with Crippen LogP contribution in [0.25, 0.3) is 0 Å². The number of carbonyl (C=O) groups is 1. The van der Waals surface area contributed by atoms with Gasteiger partial charge in [-0.05, 0) is 38.7 Å². The summed E-state index contributed by atoms with van der Waals surface area (Å²) in [4.78, 5) is 20.7. The van der Waals surface area contributed by atoms with Crippen molar-refractivity contribution in [1.82, 2.24) is 15.3 Å². The van der Waals surface area contributed by atoms with Gasteiger partial charge in [-0.15, -0.1) is 0 Å². The minimum atomic E-state index is 0.0940. The Hall–Kier alpha value is -1.10. The summed E-state index contributed by atoms with van der Waals surface area (Å²) in [6, 6.07) is 2.28. The van der Waals surface area contributed by atoms with Crippen molar-refractivity contribution in [3.8, 4) is 0 Å². The SMILES string of the molecule is Cc1cc(C)nc(SCC(=O)N[C@@H]2CCCC[C@H]2C)n1. The zero-order chi connectivity index (χ0) is 14.5. The molecule has 1 aromatic heterocycles. The van der Waals surface area contributed by atoms with E-state index in [0.717, 1.165) is 17.8 Å². The van der Waals surface area contributed by atoms with Crippen LogP contribution in [0.15, 0.2) is 11.2 Å². The van der Waals surface area contributed by atoms with Crippen molar-refractivity contribution >= 4 is 17.7 Å². The van der Waals surface area contributed by atoms with Gasteiger partial charge in [-0.1, -0.05) is 31.5 Å². The lowest BCUT2D eigenvalue weighted by Crippen LogP contribution is -2.41. The molecule has 1 aromatic rings. The van der Waals surface area contributed by atoms with Gasteiger partial charge in [-0.2, -0.15) is 0 Å². The molecule has 1 fully saturated rings. The van der Waals surface area contributed by atoms with Crippen molar-refractivity contribution < 1.29 is 4.79 Å². The van der Waals surface area contributed by atoms with Crippen LogP contribution >= 0.6 is 11.8 Å². The third kappa shape index (κ3) is 4.47. The fourth-order valence-corrected chi connectivity index (χ4v) is 3.43. The fourth-order valence-electron chi connectivity index (χ4n) is 2.67. The Morgan fingerprint density at radius 3 is 2.60 bits per heavy atom. The lowest BCUT2D eigenvalue weighted by atomic mass is 9.86. The van der Waals surface area contributed by atoms with Gasteiger partial charge in [0.25, 0.3) is 0 Å². The molecule has 0 radical (unpaired) electrons. The van der Waals surface area contributed by atoms with Crippen LogP contribution in [0.4, 0.5) is 0 Å². The molecule has 1 aliphatic rings. The van der Waals surface area contributed by atoms with E-state index in [1.807, 2.05) is 19.9 Å². The fraction of sp³-hybridized carbons (Fsp3) is 0.667. The van der Waals surface area contributed by atoms with Crippen LogP contribution in [0, 0.1) is 19.8 Å². The van der Waals surface area contributed by atoms with Crippen molar-refractivity contribution in [2.75, 3.05) is 5.75 Å². The maximum Gasteiger partial charge on any atom is 0.230 e. The number of hydrogen-bond acceptors (Lipinski definition) is 4. The zero-order valence-electron chi connectivity index (χ0n) is 12.5. The summed E-state index contributed by atoms with van der Waals surface area (Å²) < 4.78 is 0. The first-order valence-corrected chi connectivity index (χ1v) is 8.27. The van der Waals surface area contributed by atoms with Crippen LogP contribution in [0.2, 0.25) is 0 Å². The topological polar surface area (TPSA) is 54.9 Å². The largest absolute Gasteiger partial charge is 0.352 e. The molecule has 1 heterocycles. The van der Waals surface area contributed by atoms with Gasteiger partial charge in [-0.3, -0.25) is 4.79 Å². The summed E-state index contributed by atoms with van der Waals surface area (Å²) >= 11 is 1.41. The number of carbonyl (C=O) groups excluding carboxylic acids is 1. The van der Waals surface area contributed by atoms with E-state index in [4.69, 9.17) is 0 Å². The first-order chi connectivity index (χ1) is 9.54. The van der Waals surface area contributed by atoms with Crippen molar-refractivity contribution in [1.29, 1.82) is 0 Å². The summed E-state index contributed by atoms with van der Waals surface area (Å²) in [5.41, 5.74) is 1.89. The van der Waals surface area contributed by atoms with Crippen molar-refractivity contribution in [2.45, 2.75) is 57.7 Å². The van der Waals surface area contributed by atoms with Gasteiger partial charge in [0.15, 0.2) is 5.16 Å². The zero-order valence-corrected chi connectivity index (χ0v) is 13.3. The predicted octanol–water partition coefficient (Wildman–Crippen LogP) is 2.88. The lowest BCUT2D eigenvalue weighted by molar-refractivity contribution is -0.119. The standard InChI is InChI=1S/C15H23N3OS/c1-10-6-4-5-7-13(10)18-14(19)9-20-15-16-11(2)8-12(3)17-15/h8,10,13H,4-7,9H2,1-3H3,(H,18,19)/t10-,13-/m1/s1. The van der Waals surface area contributed by atoms with Crippen molar-refractivity contribution in [3.05, 3.63) is 17.5 Å². The Morgan fingerprint density at radius 2 is 1.95 bits per heavy atom. The highest BCUT2D eigenvalue weighted by molar-refractivity contribution is 7.99. The molecule has 1 saturated carbocycles. The number of nitrogens with zero attached hydrogens (tertiary/aromatic N) is 2. The summed E-state index contributed by atoms with van der Waals surface area (Å²) in [5.74, 6) is 1.08. The van der Waals surface area contributed by atoms with E-state index in [2.05, 4.69) is 22.2 Å². The van der Waals surface area contributed by atoms with Gasteiger partial charge < -0.3 is 5.32 Å². The molecule has 0 aliphatic heterocycles. The molecule has 0 unspecified atom stereocenters. The van der Waals surface area contributed by atoms with E-state index < -0.39 is 0 Å². The molecule has 2 rings (SSSR count). The van der Waals surface area contributed by atoms with Crippen LogP contribution in [0.1, 0.15) is 44.0 Å². The third-order valence-corrected chi connectivity index (χ3v) is 4.60. The summed E-state index contributed by atoms with van der Waals surface area (Å²) in [6.45, 7) is 6.12. The molecule has 1 amide bonds. The van der Waals surface area contributed by atoms with Crippen molar-refractivity contribution in [2.24, 2.45) is 5.92 Å². The molecule has 5 heteroatoms. The first-order valence-electron chi connectivity index (χ1n) is 7.29. The van der Waals surface area contributed by atoms with Crippen LogP contribution in [-0.2, 0) is 4.79 Å². The summed E-state index contributed by atoms with van der Waals surface area (Å²) in [7, 11) is 0. The van der Waals surface area contributed by atoms with E-state index in [1.54, 1.807) is 0 Å². The average Bonchev–Trinajstić information content (AvgIpc) is 2.38. The van der Waals surface area contributed by atoms with E-state index in [9.17, 15) is 4.79 Å². The van der Waals surface area contributed by atoms with Crippen LogP contribution < -0.4 is 5.32 Å². The third-order valence-electron chi connectivity index (χ3n) is 3.75. The normalized spacial score (nSPS) is 22.6. The molecule has 1 N–H and O–H groups in total. The highest BCUT2D eigenvalue weighted by Crippen LogP contribution is 2.24. The highest BCUT2D eigenvalue weighted by Gasteiger charge is 2.22. The monoisotopic (exact) mass is 293 g/mol. The van der Waals surface area contributed by atoms with Crippen molar-refractivity contribution in [3.63, 3.8) is 0 Å². The molecule has 2 atom stereocenters. The van der Waals surface area contributed by atoms with E-state index in [0.29, 0.717) is 22.9 Å². The molecule has 0 aromatic carbocycles. The summed E-state index contributed by atoms with van der Waals surface area (Å²) in [5, 5.41) is 3.84. The molecule has 0 spiro atoms. The average molecular weight is 293 g/mol. The molecule has 0 saturated heterocycles. The number of thioether (sulfide) groups is 1. The number of amides is 1. The van der Waals surface area contributed by atoms with E-state index >= 15 is 0 Å². The smallest absolute Gasteiger partial charge is 0.230 e. The van der Waals surface area contributed by atoms with Crippen LogP contribution in [-0.4, -0.2) is 27.7 Å². The Morgan fingerprint density at radius 1 is 1.30 bits per heavy atom.